The molecule has 126 heavy (non-hydrogen) atoms. The predicted molar refractivity (Wildman–Crippen MR) is 515 cm³/mol. The van der Waals surface area contributed by atoms with Crippen LogP contribution in [0.15, 0.2) is 117 Å². The molecule has 39 heteroatoms. The lowest BCUT2D eigenvalue weighted by molar-refractivity contribution is 0.198. The summed E-state index contributed by atoms with van der Waals surface area (Å²) >= 11 is 0. The van der Waals surface area contributed by atoms with Crippen LogP contribution in [0.4, 0.5) is 102 Å². The normalized spacial score (nSPS) is 13.0. The first-order valence-electron chi connectivity index (χ1n) is 42.3. The van der Waals surface area contributed by atoms with Gasteiger partial charge in [0.1, 0.15) is 102 Å². The van der Waals surface area contributed by atoms with Gasteiger partial charge in [0.15, 0.2) is 0 Å². The molecule has 2 saturated carbocycles. The molecule has 0 bridgehead atoms. The highest BCUT2D eigenvalue weighted by atomic mass is 16.5. The van der Waals surface area contributed by atoms with Gasteiger partial charge in [-0.05, 0) is 110 Å². The van der Waals surface area contributed by atoms with Crippen molar-refractivity contribution in [2.75, 3.05) is 246 Å². The Morgan fingerprint density at radius 3 is 0.984 bits per heavy atom. The highest BCUT2D eigenvalue weighted by Crippen LogP contribution is 2.27. The lowest BCUT2D eigenvalue weighted by Gasteiger charge is -2.28. The van der Waals surface area contributed by atoms with Crippen molar-refractivity contribution >= 4 is 102 Å². The summed E-state index contributed by atoms with van der Waals surface area (Å²) in [7, 11) is 20.3. The first kappa shape index (κ1) is 104. The van der Waals surface area contributed by atoms with Crippen LogP contribution in [0.3, 0.4) is 0 Å². The van der Waals surface area contributed by atoms with Gasteiger partial charge in [0, 0.05) is 148 Å². The third kappa shape index (κ3) is 27.1. The van der Waals surface area contributed by atoms with E-state index in [4.69, 9.17) is 4.74 Å². The molecule has 3 fully saturated rings. The highest BCUT2D eigenvalue weighted by molar-refractivity contribution is 5.79. The van der Waals surface area contributed by atoms with Gasteiger partial charge in [0.25, 0.3) is 97.7 Å². The van der Waals surface area contributed by atoms with Gasteiger partial charge < -0.3 is 110 Å². The molecule has 688 valence electrons. The van der Waals surface area contributed by atoms with Crippen molar-refractivity contribution in [3.05, 3.63) is 220 Å². The van der Waals surface area contributed by atoms with Crippen LogP contribution in [0.25, 0.3) is 0 Å². The van der Waals surface area contributed by atoms with E-state index in [9.17, 15) is 86.3 Å². The Morgan fingerprint density at radius 1 is 0.349 bits per heavy atom. The Kier molecular flexibility index (Phi) is 42.4. The zero-order valence-corrected chi connectivity index (χ0v) is 75.3. The van der Waals surface area contributed by atoms with Gasteiger partial charge in [0.05, 0.1) is 0 Å². The van der Waals surface area contributed by atoms with Gasteiger partial charge >= 0.3 is 0 Å². The van der Waals surface area contributed by atoms with Crippen molar-refractivity contribution in [3.8, 4) is 0 Å². The predicted octanol–water partition coefficient (Wildman–Crippen LogP) is 2.27. The van der Waals surface area contributed by atoms with E-state index in [1.54, 1.807) is 70.5 Å². The fraction of sp³-hybridized carbons (Fsp3) is 0.517. The summed E-state index contributed by atoms with van der Waals surface area (Å²) in [5.74, 6) is 0.453. The second-order valence-corrected chi connectivity index (χ2v) is 30.8. The largest absolute Gasteiger partial charge is 0.385 e. The molecule has 1 aliphatic heterocycles. The van der Waals surface area contributed by atoms with E-state index in [0.717, 1.165) is 83.4 Å². The minimum atomic E-state index is -0.446. The molecular formula is C87H126N20O19. The SMILES string of the molecule is CCCNc1c(NC)c(=O)c1=O.CNc1c(NC(C)C)c(=O)c1=O.CNc1c(NC2CCC2)c(=O)c1=O.CNc1c(NC2CCCCC2)c(=O)c1=O.CNc1c(NCC(C)C)c(=O)c1=O.CNc1c(NCCCOC)c(=O)c1=O.CNc1c(NCCN(C)C)c(=O)c1=O.CNc1c(NCCN2CCCCC2)c(=O)c1=O.CNc1c(NCc2ccccc2)c(=O)c1=O. The van der Waals surface area contributed by atoms with E-state index in [2.05, 4.69) is 101 Å². The number of nitrogens with one attached hydrogen (secondary N) is 18. The van der Waals surface area contributed by atoms with Crippen molar-refractivity contribution in [2.24, 2.45) is 5.92 Å². The molecular weight excluding hydrogens is 1630 g/mol. The summed E-state index contributed by atoms with van der Waals surface area (Å²) in [5, 5.41) is 51.3. The highest BCUT2D eigenvalue weighted by Gasteiger charge is 2.29. The molecule has 0 amide bonds. The molecule has 39 nitrogen and oxygen atoms in total. The molecule has 10 aromatic rings. The second kappa shape index (κ2) is 51.5. The average Bonchev–Trinajstić information content (AvgIpc) is 0.786. The van der Waals surface area contributed by atoms with Gasteiger partial charge in [-0.1, -0.05) is 76.8 Å². The first-order chi connectivity index (χ1) is 60.1. The molecule has 0 atom stereocenters. The lowest BCUT2D eigenvalue weighted by Crippen LogP contribution is -2.40. The minimum absolute atomic E-state index is 0.167. The molecule has 2 aliphatic carbocycles. The third-order valence-corrected chi connectivity index (χ3v) is 20.7. The van der Waals surface area contributed by atoms with Crippen LogP contribution < -0.4 is 193 Å². The molecule has 3 aliphatic rings. The van der Waals surface area contributed by atoms with Gasteiger partial charge in [-0.15, -0.1) is 0 Å². The molecule has 10 aromatic carbocycles. The average molecular weight is 1760 g/mol. The van der Waals surface area contributed by atoms with E-state index in [0.29, 0.717) is 153 Å². The molecule has 1 saturated heterocycles. The van der Waals surface area contributed by atoms with Crippen LogP contribution in [0.1, 0.15) is 124 Å². The van der Waals surface area contributed by atoms with Gasteiger partial charge in [-0.2, -0.15) is 0 Å². The second-order valence-electron chi connectivity index (χ2n) is 30.8. The molecule has 1 heterocycles. The van der Waals surface area contributed by atoms with Crippen LogP contribution in [-0.4, -0.2) is 178 Å². The number of ether oxygens (including phenoxy) is 1. The molecule has 0 unspecified atom stereocenters. The monoisotopic (exact) mass is 1750 g/mol. The smallest absolute Gasteiger partial charge is 0.253 e. The minimum Gasteiger partial charge on any atom is -0.385 e. The number of rotatable bonds is 37. The number of piperidine rings is 1. The van der Waals surface area contributed by atoms with Gasteiger partial charge in [-0.25, -0.2) is 0 Å². The number of hydrogen-bond acceptors (Lipinski definition) is 39. The molecule has 0 aromatic heterocycles. The molecule has 13 rings (SSSR count). The maximum absolute atomic E-state index is 11.3. The number of benzene rings is 1. The number of anilines is 18. The number of likely N-dealkylation sites (N-methyl/N-ethyl adjacent to an activating group) is 1. The lowest BCUT2D eigenvalue weighted by atomic mass is 9.92. The van der Waals surface area contributed by atoms with Crippen molar-refractivity contribution in [2.45, 2.75) is 143 Å². The van der Waals surface area contributed by atoms with E-state index in [1.165, 1.54) is 44.9 Å². The summed E-state index contributed by atoms with van der Waals surface area (Å²) in [5.41, 5.74) is 1.18. The van der Waals surface area contributed by atoms with Crippen molar-refractivity contribution in [3.63, 3.8) is 0 Å². The van der Waals surface area contributed by atoms with Crippen LogP contribution in [0, 0.1) is 5.92 Å². The molecule has 0 radical (unpaired) electrons. The number of hydrogen-bond donors (Lipinski definition) is 18. The summed E-state index contributed by atoms with van der Waals surface area (Å²) in [6.45, 7) is 18.6. The van der Waals surface area contributed by atoms with Crippen LogP contribution in [-0.2, 0) is 11.3 Å². The van der Waals surface area contributed by atoms with E-state index in [1.807, 2.05) is 83.9 Å². The summed E-state index contributed by atoms with van der Waals surface area (Å²) < 4.78 is 4.85. The topological polar surface area (TPSA) is 540 Å². The van der Waals surface area contributed by atoms with Crippen LogP contribution >= 0.6 is 0 Å². The third-order valence-electron chi connectivity index (χ3n) is 20.7. The zero-order chi connectivity index (χ0) is 93.8. The molecule has 0 spiro atoms. The van der Waals surface area contributed by atoms with Crippen molar-refractivity contribution < 1.29 is 4.74 Å². The first-order valence-corrected chi connectivity index (χ1v) is 42.3. The van der Waals surface area contributed by atoms with E-state index in [-0.39, 0.29) is 16.9 Å². The Bertz CT molecular complexity index is 5820. The number of nitrogens with zero attached hydrogens (tertiary/aromatic N) is 2. The maximum Gasteiger partial charge on any atom is 0.253 e. The summed E-state index contributed by atoms with van der Waals surface area (Å²) in [6, 6.07) is 10.6. The van der Waals surface area contributed by atoms with Crippen LogP contribution in [0.5, 0.6) is 0 Å². The van der Waals surface area contributed by atoms with Crippen LogP contribution in [0.2, 0.25) is 0 Å². The Hall–Kier alpha value is -12.8. The fourth-order valence-corrected chi connectivity index (χ4v) is 13.3. The number of likely N-dealkylation sites (tertiary alicyclic amines) is 1. The van der Waals surface area contributed by atoms with Crippen molar-refractivity contribution in [1.82, 2.24) is 9.80 Å². The van der Waals surface area contributed by atoms with E-state index < -0.39 is 86.9 Å². The standard InChI is InChI=1S/C12H19N3O2.C12H12N2O2.C11H16N2O2.C9H15N3O2.C9H14N2O3.C9H12N2O2.C9H14N2O2.2C8H12N2O2/c1-13-9-10(12(17)11(9)16)14-5-8-15-6-3-2-4-7-15;1-13-9-10(12(16)11(9)15)14-7-8-5-3-2-4-6-8;1-12-8-9(11(15)10(8)14)13-7-5-3-2-4-6-7;1-10-6-7(9(14)8(6)13)11-4-5-12(2)3;1-10-6-7(9(13)8(6)12)11-4-3-5-14-2;1-10-6-7(9(13)8(6)12)11-5-3-2-4-5;1-5(2)4-11-7-6(10-3)8(12)9(7)13;1-4(2)10-6-5(9-3)7(11)8(6)12;1-3-4-10-6-5(9-2)7(11)8(6)12/h13-14H,2-8H2,1H3;2-6,13-14H,7H2,1H3;7,12-13H,2-6H2,1H3;10-11H,4-5H2,1-3H3;10-11H,3-5H2,1-2H3;5,10-11H,2-4H2,1H3;5,10-11H,4H2,1-3H3;4,9-10H,1-3H3;9-10H,3-4H2,1-2H3. The summed E-state index contributed by atoms with van der Waals surface area (Å²) in [4.78, 5) is 203. The van der Waals surface area contributed by atoms with Gasteiger partial charge in [-0.3, -0.25) is 86.3 Å². The Balaban J connectivity index is 0.000000252. The van der Waals surface area contributed by atoms with E-state index >= 15 is 0 Å². The maximum atomic E-state index is 11.3. The summed E-state index contributed by atoms with van der Waals surface area (Å²) in [6.07, 6.45) is 14.9. The fourth-order valence-electron chi connectivity index (χ4n) is 13.3. The Labute approximate surface area is 728 Å². The number of methoxy groups -OCH3 is 1. The quantitative estimate of drug-likeness (QED) is 0.0196. The zero-order valence-electron chi connectivity index (χ0n) is 75.3. The Morgan fingerprint density at radius 2 is 0.651 bits per heavy atom. The molecule has 18 N–H and O–H groups in total. The van der Waals surface area contributed by atoms with Gasteiger partial charge in [0.2, 0.25) is 0 Å². The van der Waals surface area contributed by atoms with Crippen molar-refractivity contribution in [1.29, 1.82) is 0 Å².